The molecule has 0 bridgehead atoms. The van der Waals surface area contributed by atoms with Crippen molar-refractivity contribution in [2.45, 2.75) is 253 Å². The Labute approximate surface area is 383 Å². The number of carboxylic acids is 1. The molecule has 0 aliphatic heterocycles. The smallest absolute Gasteiger partial charge is 0.311 e. The first kappa shape index (κ1) is 57.6. The van der Waals surface area contributed by atoms with Crippen LogP contribution in [0.1, 0.15) is 249 Å². The third kappa shape index (κ3) is 30.4. The van der Waals surface area contributed by atoms with Gasteiger partial charge >= 0.3 is 29.8 Å². The topological polar surface area (TPSA) is 142 Å². The maximum Gasteiger partial charge on any atom is 0.311 e. The SMILES string of the molecule is CCCCCCCCCCCCCCCC(=O)OCC(COC(=O)CCCCCCCCCCCCCCC)OC(=O)CCCC(=O)Oc1cc(C)cc(C)c1C(C(=O)O)C(C)C. The summed E-state index contributed by atoms with van der Waals surface area (Å²) in [7, 11) is 0. The maximum atomic E-state index is 13.0. The van der Waals surface area contributed by atoms with Gasteiger partial charge in [-0.05, 0) is 56.2 Å². The van der Waals surface area contributed by atoms with Gasteiger partial charge in [0.25, 0.3) is 0 Å². The van der Waals surface area contributed by atoms with Gasteiger partial charge in [0.05, 0.1) is 5.92 Å². The molecule has 1 N–H and O–H groups in total. The van der Waals surface area contributed by atoms with Crippen LogP contribution in [0, 0.1) is 19.8 Å². The second-order valence-corrected chi connectivity index (χ2v) is 18.3. The number of carbonyl (C=O) groups is 5. The molecule has 0 aliphatic carbocycles. The van der Waals surface area contributed by atoms with Crippen LogP contribution in [-0.2, 0) is 38.2 Å². The molecular weight excluding hydrogens is 797 g/mol. The van der Waals surface area contributed by atoms with Gasteiger partial charge in [-0.15, -0.1) is 0 Å². The highest BCUT2D eigenvalue weighted by Crippen LogP contribution is 2.36. The molecule has 1 aromatic carbocycles. The van der Waals surface area contributed by atoms with Crippen LogP contribution < -0.4 is 4.74 Å². The molecule has 362 valence electrons. The molecule has 0 spiro atoms. The van der Waals surface area contributed by atoms with Gasteiger partial charge in [0.15, 0.2) is 6.10 Å². The largest absolute Gasteiger partial charge is 0.481 e. The zero-order valence-electron chi connectivity index (χ0n) is 40.8. The molecule has 1 atom stereocenters. The van der Waals surface area contributed by atoms with Crippen molar-refractivity contribution in [2.24, 2.45) is 5.92 Å². The Morgan fingerprint density at radius 2 is 0.857 bits per heavy atom. The third-order valence-corrected chi connectivity index (χ3v) is 11.9. The summed E-state index contributed by atoms with van der Waals surface area (Å²) in [6.45, 7) is 11.3. The summed E-state index contributed by atoms with van der Waals surface area (Å²) in [5.74, 6) is -3.85. The zero-order chi connectivity index (χ0) is 46.5. The molecule has 0 saturated carbocycles. The predicted octanol–water partition coefficient (Wildman–Crippen LogP) is 14.2. The molecule has 1 aromatic rings. The van der Waals surface area contributed by atoms with Crippen LogP contribution >= 0.6 is 0 Å². The standard InChI is InChI=1S/C53H90O10/c1-7-9-11-13-15-17-19-21-23-25-27-29-31-34-47(54)60-40-45(41-61-48(55)35-32-30-28-26-24-22-20-18-16-14-12-10-8-2)62-49(56)36-33-37-50(57)63-46-39-43(5)38-44(6)52(46)51(42(3)4)53(58)59/h38-39,42,45,51H,7-37,40-41H2,1-6H3,(H,58,59). The number of hydrogen-bond acceptors (Lipinski definition) is 9. The van der Waals surface area contributed by atoms with E-state index in [0.29, 0.717) is 5.56 Å². The molecule has 10 nitrogen and oxygen atoms in total. The molecule has 0 saturated heterocycles. The lowest BCUT2D eigenvalue weighted by atomic mass is 9.84. The van der Waals surface area contributed by atoms with Gasteiger partial charge in [-0.2, -0.15) is 0 Å². The summed E-state index contributed by atoms with van der Waals surface area (Å²) >= 11 is 0. The Morgan fingerprint density at radius 1 is 0.492 bits per heavy atom. The van der Waals surface area contributed by atoms with Crippen LogP contribution in [0.15, 0.2) is 12.1 Å². The first-order chi connectivity index (χ1) is 30.4. The van der Waals surface area contributed by atoms with E-state index in [1.165, 1.54) is 128 Å². The summed E-state index contributed by atoms with van der Waals surface area (Å²) < 4.78 is 22.3. The van der Waals surface area contributed by atoms with Crippen molar-refractivity contribution in [1.29, 1.82) is 0 Å². The van der Waals surface area contributed by atoms with E-state index < -0.39 is 29.9 Å². The molecule has 10 heteroatoms. The number of ether oxygens (including phenoxy) is 4. The van der Waals surface area contributed by atoms with Crippen LogP contribution in [0.25, 0.3) is 0 Å². The first-order valence-electron chi connectivity index (χ1n) is 25.4. The van der Waals surface area contributed by atoms with Crippen molar-refractivity contribution in [3.8, 4) is 5.75 Å². The number of esters is 4. The first-order valence-corrected chi connectivity index (χ1v) is 25.4. The van der Waals surface area contributed by atoms with Crippen LogP contribution in [0.4, 0.5) is 0 Å². The lowest BCUT2D eigenvalue weighted by molar-refractivity contribution is -0.167. The maximum absolute atomic E-state index is 13.0. The van der Waals surface area contributed by atoms with Gasteiger partial charge in [-0.3, -0.25) is 24.0 Å². The minimum atomic E-state index is -0.998. The highest BCUT2D eigenvalue weighted by Gasteiger charge is 2.30. The minimum absolute atomic E-state index is 0.103. The second-order valence-electron chi connectivity index (χ2n) is 18.3. The quantitative estimate of drug-likeness (QED) is 0.0292. The molecule has 0 radical (unpaired) electrons. The Morgan fingerprint density at radius 3 is 1.24 bits per heavy atom. The van der Waals surface area contributed by atoms with E-state index >= 15 is 0 Å². The summed E-state index contributed by atoms with van der Waals surface area (Å²) in [5, 5.41) is 9.94. The fraction of sp³-hybridized carbons (Fsp3) is 0.792. The number of carbonyl (C=O) groups excluding carboxylic acids is 4. The van der Waals surface area contributed by atoms with E-state index in [2.05, 4.69) is 13.8 Å². The fourth-order valence-corrected chi connectivity index (χ4v) is 8.17. The fourth-order valence-electron chi connectivity index (χ4n) is 8.17. The molecule has 0 heterocycles. The summed E-state index contributed by atoms with van der Waals surface area (Å²) in [5.41, 5.74) is 2.02. The van der Waals surface area contributed by atoms with Crippen LogP contribution in [-0.4, -0.2) is 54.3 Å². The van der Waals surface area contributed by atoms with Crippen LogP contribution in [0.2, 0.25) is 0 Å². The number of aliphatic carboxylic acids is 1. The summed E-state index contributed by atoms with van der Waals surface area (Å²) in [6.07, 6.45) is 30.9. The van der Waals surface area contributed by atoms with Crippen molar-refractivity contribution in [1.82, 2.24) is 0 Å². The molecule has 63 heavy (non-hydrogen) atoms. The van der Waals surface area contributed by atoms with E-state index in [1.54, 1.807) is 13.0 Å². The highest BCUT2D eigenvalue weighted by atomic mass is 16.6. The number of unbranched alkanes of at least 4 members (excludes halogenated alkanes) is 24. The normalized spacial score (nSPS) is 11.8. The van der Waals surface area contributed by atoms with Gasteiger partial charge in [-0.1, -0.05) is 188 Å². The average molecular weight is 887 g/mol. The van der Waals surface area contributed by atoms with Crippen molar-refractivity contribution < 1.29 is 48.0 Å². The summed E-state index contributed by atoms with van der Waals surface area (Å²) in [4.78, 5) is 63.4. The number of rotatable bonds is 41. The number of aryl methyl sites for hydroxylation is 2. The molecule has 1 rings (SSSR count). The van der Waals surface area contributed by atoms with Gasteiger partial charge in [0.2, 0.25) is 0 Å². The van der Waals surface area contributed by atoms with Crippen molar-refractivity contribution in [3.05, 3.63) is 28.8 Å². The molecule has 0 aliphatic rings. The molecule has 0 fully saturated rings. The predicted molar refractivity (Wildman–Crippen MR) is 253 cm³/mol. The van der Waals surface area contributed by atoms with Gasteiger partial charge in [-0.25, -0.2) is 0 Å². The van der Waals surface area contributed by atoms with Gasteiger partial charge in [0.1, 0.15) is 19.0 Å². The lowest BCUT2D eigenvalue weighted by Gasteiger charge is -2.22. The van der Waals surface area contributed by atoms with E-state index in [4.69, 9.17) is 18.9 Å². The van der Waals surface area contributed by atoms with E-state index in [0.717, 1.165) is 49.7 Å². The number of hydrogen-bond donors (Lipinski definition) is 1. The average Bonchev–Trinajstić information content (AvgIpc) is 3.23. The Bertz CT molecular complexity index is 1340. The molecule has 0 aromatic heterocycles. The number of benzene rings is 1. The number of carboxylic acid groups (broad SMARTS) is 1. The molecular formula is C53H90O10. The lowest BCUT2D eigenvalue weighted by Crippen LogP contribution is -2.31. The monoisotopic (exact) mass is 887 g/mol. The Kier molecular flexibility index (Phi) is 34.6. The Balaban J connectivity index is 2.58. The van der Waals surface area contributed by atoms with Crippen molar-refractivity contribution in [2.75, 3.05) is 13.2 Å². The van der Waals surface area contributed by atoms with Crippen LogP contribution in [0.3, 0.4) is 0 Å². The van der Waals surface area contributed by atoms with E-state index in [9.17, 15) is 29.1 Å². The van der Waals surface area contributed by atoms with Gasteiger partial charge < -0.3 is 24.1 Å². The third-order valence-electron chi connectivity index (χ3n) is 11.9. The molecule has 1 unspecified atom stereocenters. The zero-order valence-corrected chi connectivity index (χ0v) is 40.8. The van der Waals surface area contributed by atoms with E-state index in [1.807, 2.05) is 26.8 Å². The van der Waals surface area contributed by atoms with E-state index in [-0.39, 0.29) is 68.9 Å². The highest BCUT2D eigenvalue weighted by molar-refractivity contribution is 5.80. The second kappa shape index (κ2) is 37.9. The van der Waals surface area contributed by atoms with Crippen molar-refractivity contribution >= 4 is 29.8 Å². The van der Waals surface area contributed by atoms with Crippen LogP contribution in [0.5, 0.6) is 5.75 Å². The molecule has 0 amide bonds. The minimum Gasteiger partial charge on any atom is -0.481 e. The van der Waals surface area contributed by atoms with Gasteiger partial charge in [0, 0.05) is 31.2 Å². The Hall–Kier alpha value is -3.43. The van der Waals surface area contributed by atoms with Crippen molar-refractivity contribution in [3.63, 3.8) is 0 Å². The summed E-state index contributed by atoms with van der Waals surface area (Å²) in [6, 6.07) is 3.53.